The van der Waals surface area contributed by atoms with Gasteiger partial charge in [0.1, 0.15) is 46.0 Å². The zero-order valence-electron chi connectivity index (χ0n) is 50.5. The predicted molar refractivity (Wildman–Crippen MR) is 376 cm³/mol. The van der Waals surface area contributed by atoms with Gasteiger partial charge in [0.2, 0.25) is 11.8 Å². The molecule has 11 aromatic carbocycles. The number of primary amides is 2. The highest BCUT2D eigenvalue weighted by Gasteiger charge is 2.36. The molecule has 4 amide bonds. The molecule has 11 rings (SSSR count). The van der Waals surface area contributed by atoms with E-state index in [0.29, 0.717) is 11.4 Å². The number of hydrogen-bond donors (Lipinski definition) is 4. The Bertz CT molecular complexity index is 4550. The molecule has 0 spiro atoms. The fourth-order valence-electron chi connectivity index (χ4n) is 11.7. The van der Waals surface area contributed by atoms with Crippen molar-refractivity contribution in [2.75, 3.05) is 10.6 Å². The van der Waals surface area contributed by atoms with E-state index in [1.165, 1.54) is 72.8 Å². The molecule has 0 saturated heterocycles. The summed E-state index contributed by atoms with van der Waals surface area (Å²) in [5.74, 6) is -4.44. The molecule has 0 aliphatic carbocycles. The van der Waals surface area contributed by atoms with Gasteiger partial charge in [-0.05, 0) is 119 Å². The molecule has 0 atom stereocenters. The largest absolute Gasteiger partial charge is 0.455 e. The first-order valence-corrected chi connectivity index (χ1v) is 32.1. The van der Waals surface area contributed by atoms with Crippen molar-refractivity contribution in [3.8, 4) is 46.0 Å². The molecule has 0 heterocycles. The second kappa shape index (κ2) is 26.3. The molecule has 468 valence electrons. The smallest absolute Gasteiger partial charge is 0.256 e. The van der Waals surface area contributed by atoms with Gasteiger partial charge in [0.25, 0.3) is 11.8 Å². The van der Waals surface area contributed by atoms with Crippen LogP contribution in [0.4, 0.5) is 11.4 Å². The van der Waals surface area contributed by atoms with E-state index in [9.17, 15) is 9.59 Å². The van der Waals surface area contributed by atoms with E-state index < -0.39 is 23.6 Å². The van der Waals surface area contributed by atoms with Gasteiger partial charge in [-0.1, -0.05) is 185 Å². The van der Waals surface area contributed by atoms with Gasteiger partial charge in [0.05, 0.1) is 42.3 Å². The number of para-hydroxylation sites is 2. The fourth-order valence-corrected chi connectivity index (χ4v) is 13.0. The molecule has 0 aliphatic heterocycles. The van der Waals surface area contributed by atoms with Crippen LogP contribution < -0.4 is 41.0 Å². The molecule has 0 unspecified atom stereocenters. The zero-order valence-corrected chi connectivity index (χ0v) is 56.5. The Hall–Kier alpha value is -7.88. The number of carbonyl (C=O) groups is 4. The predicted octanol–water partition coefficient (Wildman–Crippen LogP) is 23.3. The van der Waals surface area contributed by atoms with Crippen LogP contribution in [0.1, 0.15) is 143 Å². The van der Waals surface area contributed by atoms with E-state index in [2.05, 4.69) is 10.6 Å². The standard InChI is InChI=1S/C72H56Cl8N4O8/c1-31(2)39-11-9-12-40(32(3)4)67(39)83-71(87)45-29-57(91-53-25-37(75)17-21-49(53)79)63-61-55(89-51-23-35(73)15-19-47(51)77)27-43(69(81)85)59-44(70(82)86)28-56(90-52-24-36(74)16-20-48(52)78)62(65(59)61)64-58(92-54-26-38(76)18-22-50(54)80)30-46(60(45)66(63)64)72(88)84-68-41(33(5)6)13-10-14-42(68)34(7)8/h9-34H,1-8H3,(H2,81,85)(H2,82,86)(H,83,87)(H,84,88). The molecule has 0 aromatic heterocycles. The lowest BCUT2D eigenvalue weighted by atomic mass is 9.82. The molecule has 20 heteroatoms. The number of amides is 4. The molecule has 12 nitrogen and oxygen atoms in total. The lowest BCUT2D eigenvalue weighted by molar-refractivity contribution is 0.0996. The number of anilines is 2. The summed E-state index contributed by atoms with van der Waals surface area (Å²) in [7, 11) is 0. The van der Waals surface area contributed by atoms with E-state index in [-0.39, 0.29) is 175 Å². The van der Waals surface area contributed by atoms with Crippen molar-refractivity contribution >= 4 is 171 Å². The number of halogens is 8. The van der Waals surface area contributed by atoms with Gasteiger partial charge in [0.15, 0.2) is 0 Å². The third kappa shape index (κ3) is 12.5. The average molecular weight is 1390 g/mol. The van der Waals surface area contributed by atoms with E-state index >= 15 is 9.59 Å². The van der Waals surface area contributed by atoms with Crippen LogP contribution in [0.5, 0.6) is 46.0 Å². The van der Waals surface area contributed by atoms with Crippen molar-refractivity contribution in [2.45, 2.75) is 79.1 Å². The molecule has 0 aliphatic rings. The Labute approximate surface area is 570 Å². The van der Waals surface area contributed by atoms with Crippen molar-refractivity contribution in [1.82, 2.24) is 0 Å². The van der Waals surface area contributed by atoms with E-state index in [4.69, 9.17) is 123 Å². The fraction of sp³-hybridized carbons (Fsp3) is 0.167. The minimum absolute atomic E-state index is 0.000770. The number of rotatable bonds is 18. The van der Waals surface area contributed by atoms with Crippen LogP contribution in [0.15, 0.2) is 133 Å². The van der Waals surface area contributed by atoms with Crippen LogP contribution in [0.2, 0.25) is 40.2 Å². The number of hydrogen-bond acceptors (Lipinski definition) is 8. The highest BCUT2D eigenvalue weighted by Crippen LogP contribution is 2.58. The van der Waals surface area contributed by atoms with Gasteiger partial charge in [-0.2, -0.15) is 0 Å². The summed E-state index contributed by atoms with van der Waals surface area (Å²) in [6, 6.07) is 35.4. The van der Waals surface area contributed by atoms with Crippen molar-refractivity contribution in [3.63, 3.8) is 0 Å². The number of ether oxygens (including phenoxy) is 4. The zero-order chi connectivity index (χ0) is 66.0. The Kier molecular flexibility index (Phi) is 18.7. The average Bonchev–Trinajstić information content (AvgIpc) is 0.685. The highest BCUT2D eigenvalue weighted by molar-refractivity contribution is 6.44. The number of carbonyl (C=O) groups excluding carboxylic acids is 4. The van der Waals surface area contributed by atoms with Gasteiger partial charge in [-0.3, -0.25) is 19.2 Å². The summed E-state index contributed by atoms with van der Waals surface area (Å²) < 4.78 is 28.2. The van der Waals surface area contributed by atoms with Gasteiger partial charge >= 0.3 is 0 Å². The Balaban J connectivity index is 1.47. The minimum atomic E-state index is -1.04. The Morgan fingerprint density at radius 2 is 0.554 bits per heavy atom. The van der Waals surface area contributed by atoms with Crippen LogP contribution in [-0.4, -0.2) is 23.6 Å². The third-order valence-electron chi connectivity index (χ3n) is 15.9. The number of fused-ring (bicyclic) bond motifs is 2. The van der Waals surface area contributed by atoms with Crippen molar-refractivity contribution in [1.29, 1.82) is 0 Å². The Morgan fingerprint density at radius 3 is 0.793 bits per heavy atom. The van der Waals surface area contributed by atoms with Gasteiger partial charge < -0.3 is 41.0 Å². The first kappa shape index (κ1) is 65.6. The molecule has 92 heavy (non-hydrogen) atoms. The molecule has 0 radical (unpaired) electrons. The highest BCUT2D eigenvalue weighted by atomic mass is 35.5. The maximum Gasteiger partial charge on any atom is 0.256 e. The maximum atomic E-state index is 16.5. The van der Waals surface area contributed by atoms with E-state index in [1.54, 1.807) is 24.3 Å². The molecule has 6 N–H and O–H groups in total. The second-order valence-electron chi connectivity index (χ2n) is 23.3. The molecular formula is C72H56Cl8N4O8. The molecular weight excluding hydrogens is 1330 g/mol. The normalized spacial score (nSPS) is 11.7. The van der Waals surface area contributed by atoms with Crippen molar-refractivity contribution in [2.24, 2.45) is 11.5 Å². The summed E-state index contributed by atoms with van der Waals surface area (Å²) in [5, 5.41) is 7.89. The monoisotopic (exact) mass is 1380 g/mol. The summed E-state index contributed by atoms with van der Waals surface area (Å²) in [5.41, 5.74) is 16.4. The SMILES string of the molecule is CC(C)c1cccc(C(C)C)c1NC(=O)c1cc(Oc2cc(Cl)ccc2Cl)c2c3c(Oc4cc(Cl)ccc4Cl)cc(C(N)=O)c4c(C(N)=O)cc(Oc5cc(Cl)ccc5Cl)c(c5c(Oc6cc(Cl)ccc6Cl)cc(C(=O)Nc6c(C(C)C)cccc6C(C)C)c1c25)c43. The summed E-state index contributed by atoms with van der Waals surface area (Å²) >= 11 is 55.1. The summed E-state index contributed by atoms with van der Waals surface area (Å²) in [4.78, 5) is 61.9. The minimum Gasteiger partial charge on any atom is -0.455 e. The van der Waals surface area contributed by atoms with Gasteiger partial charge in [-0.25, -0.2) is 0 Å². The number of benzene rings is 11. The van der Waals surface area contributed by atoms with E-state index in [0.717, 1.165) is 22.3 Å². The molecule has 11 aromatic rings. The van der Waals surface area contributed by atoms with Crippen LogP contribution in [0.25, 0.3) is 43.1 Å². The van der Waals surface area contributed by atoms with Crippen molar-refractivity contribution in [3.05, 3.63) is 218 Å². The van der Waals surface area contributed by atoms with Crippen molar-refractivity contribution < 1.29 is 38.1 Å². The Morgan fingerprint density at radius 1 is 0.315 bits per heavy atom. The lowest BCUT2D eigenvalue weighted by Gasteiger charge is -2.27. The molecule has 0 bridgehead atoms. The lowest BCUT2D eigenvalue weighted by Crippen LogP contribution is -2.20. The first-order chi connectivity index (χ1) is 43.7. The molecule has 0 saturated carbocycles. The van der Waals surface area contributed by atoms with Crippen LogP contribution >= 0.6 is 92.8 Å². The number of nitrogens with one attached hydrogen (secondary N) is 2. The maximum absolute atomic E-state index is 16.5. The number of nitrogens with two attached hydrogens (primary N) is 2. The summed E-state index contributed by atoms with van der Waals surface area (Å²) in [6.45, 7) is 16.2. The van der Waals surface area contributed by atoms with Gasteiger partial charge in [0, 0.05) is 98.8 Å². The quantitative estimate of drug-likeness (QED) is 0.0484. The topological polar surface area (TPSA) is 181 Å². The van der Waals surface area contributed by atoms with E-state index in [1.807, 2.05) is 91.8 Å². The third-order valence-corrected chi connectivity index (χ3v) is 18.0. The van der Waals surface area contributed by atoms with Crippen LogP contribution in [0, 0.1) is 0 Å². The van der Waals surface area contributed by atoms with Gasteiger partial charge in [-0.15, -0.1) is 0 Å². The first-order valence-electron chi connectivity index (χ1n) is 29.1. The summed E-state index contributed by atoms with van der Waals surface area (Å²) in [6.07, 6.45) is 0. The van der Waals surface area contributed by atoms with Crippen LogP contribution in [-0.2, 0) is 0 Å². The second-order valence-corrected chi connectivity index (χ2v) is 26.6. The molecule has 0 fully saturated rings. The van der Waals surface area contributed by atoms with Crippen LogP contribution in [0.3, 0.4) is 0 Å².